The third-order valence-electron chi connectivity index (χ3n) is 3.61. The predicted octanol–water partition coefficient (Wildman–Crippen LogP) is 1.37. The fourth-order valence-electron chi connectivity index (χ4n) is 2.40. The Hall–Kier alpha value is -2.11. The van der Waals surface area contributed by atoms with Crippen LogP contribution < -0.4 is 9.80 Å². The van der Waals surface area contributed by atoms with E-state index in [0.717, 1.165) is 18.9 Å². The van der Waals surface area contributed by atoms with Crippen molar-refractivity contribution in [1.82, 2.24) is 4.98 Å². The van der Waals surface area contributed by atoms with E-state index in [9.17, 15) is 9.59 Å². The average molecular weight is 277 g/mol. The first-order chi connectivity index (χ1) is 9.56. The molecule has 0 spiro atoms. The lowest BCUT2D eigenvalue weighted by Crippen LogP contribution is -2.26. The largest absolute Gasteiger partial charge is 0.481 e. The molecule has 1 saturated heterocycles. The van der Waals surface area contributed by atoms with Gasteiger partial charge in [0.15, 0.2) is 0 Å². The second-order valence-electron chi connectivity index (χ2n) is 4.79. The van der Waals surface area contributed by atoms with Crippen molar-refractivity contribution in [2.45, 2.75) is 20.3 Å². The van der Waals surface area contributed by atoms with Crippen LogP contribution in [0.1, 0.15) is 20.3 Å². The second kappa shape index (κ2) is 5.90. The highest BCUT2D eigenvalue weighted by Gasteiger charge is 2.35. The molecule has 108 valence electrons. The second-order valence-corrected chi connectivity index (χ2v) is 4.79. The zero-order valence-corrected chi connectivity index (χ0v) is 11.7. The van der Waals surface area contributed by atoms with Gasteiger partial charge in [0, 0.05) is 26.1 Å². The predicted molar refractivity (Wildman–Crippen MR) is 75.9 cm³/mol. The highest BCUT2D eigenvalue weighted by molar-refractivity contribution is 5.99. The van der Waals surface area contributed by atoms with Gasteiger partial charge in [0.05, 0.1) is 17.8 Å². The first-order valence-electron chi connectivity index (χ1n) is 6.81. The van der Waals surface area contributed by atoms with Gasteiger partial charge in [0.1, 0.15) is 5.82 Å². The van der Waals surface area contributed by atoms with E-state index in [2.05, 4.69) is 23.7 Å². The SMILES string of the molecule is CCN(CC)c1ccc(N2C[C@@H](C(=O)O)CC2=O)cn1. The minimum absolute atomic E-state index is 0.0626. The number of pyridine rings is 1. The van der Waals surface area contributed by atoms with E-state index in [0.29, 0.717) is 5.69 Å². The maximum absolute atomic E-state index is 11.8. The Morgan fingerprint density at radius 3 is 2.60 bits per heavy atom. The number of amides is 1. The lowest BCUT2D eigenvalue weighted by Gasteiger charge is -2.21. The number of carboxylic acids is 1. The number of carbonyl (C=O) groups excluding carboxylic acids is 1. The molecule has 0 bridgehead atoms. The van der Waals surface area contributed by atoms with Gasteiger partial charge in [-0.15, -0.1) is 0 Å². The van der Waals surface area contributed by atoms with E-state index in [-0.39, 0.29) is 18.9 Å². The van der Waals surface area contributed by atoms with E-state index in [1.165, 1.54) is 4.90 Å². The molecule has 1 amide bonds. The molecule has 0 aromatic carbocycles. The van der Waals surface area contributed by atoms with Crippen molar-refractivity contribution < 1.29 is 14.7 Å². The van der Waals surface area contributed by atoms with Crippen LogP contribution in [-0.4, -0.2) is 41.6 Å². The van der Waals surface area contributed by atoms with Crippen molar-refractivity contribution >= 4 is 23.4 Å². The van der Waals surface area contributed by atoms with Gasteiger partial charge in [-0.05, 0) is 26.0 Å². The third kappa shape index (κ3) is 2.74. The summed E-state index contributed by atoms with van der Waals surface area (Å²) in [5.74, 6) is -0.839. The molecule has 1 aliphatic rings. The Morgan fingerprint density at radius 1 is 1.45 bits per heavy atom. The summed E-state index contributed by atoms with van der Waals surface area (Å²) in [4.78, 5) is 30.7. The van der Waals surface area contributed by atoms with Crippen molar-refractivity contribution in [3.8, 4) is 0 Å². The van der Waals surface area contributed by atoms with E-state index in [4.69, 9.17) is 5.11 Å². The molecule has 2 heterocycles. The number of rotatable bonds is 5. The van der Waals surface area contributed by atoms with Crippen LogP contribution in [0.2, 0.25) is 0 Å². The van der Waals surface area contributed by atoms with Gasteiger partial charge < -0.3 is 14.9 Å². The molecule has 0 aliphatic carbocycles. The van der Waals surface area contributed by atoms with Crippen LogP contribution in [0.5, 0.6) is 0 Å². The highest BCUT2D eigenvalue weighted by atomic mass is 16.4. The van der Waals surface area contributed by atoms with Crippen molar-refractivity contribution in [3.63, 3.8) is 0 Å². The molecule has 1 N–H and O–H groups in total. The normalized spacial score (nSPS) is 18.4. The monoisotopic (exact) mass is 277 g/mol. The molecule has 1 aromatic heterocycles. The lowest BCUT2D eigenvalue weighted by atomic mass is 10.1. The first-order valence-corrected chi connectivity index (χ1v) is 6.81. The molecule has 0 saturated carbocycles. The van der Waals surface area contributed by atoms with Gasteiger partial charge in [0.2, 0.25) is 5.91 Å². The number of aliphatic carboxylic acids is 1. The number of hydrogen-bond acceptors (Lipinski definition) is 4. The van der Waals surface area contributed by atoms with Crippen molar-refractivity contribution in [1.29, 1.82) is 0 Å². The summed E-state index contributed by atoms with van der Waals surface area (Å²) in [7, 11) is 0. The fourth-order valence-corrected chi connectivity index (χ4v) is 2.40. The summed E-state index contributed by atoms with van der Waals surface area (Å²) in [6.07, 6.45) is 1.70. The maximum Gasteiger partial charge on any atom is 0.308 e. The molecule has 0 unspecified atom stereocenters. The molecule has 2 rings (SSSR count). The van der Waals surface area contributed by atoms with E-state index in [1.807, 2.05) is 12.1 Å². The van der Waals surface area contributed by atoms with E-state index in [1.54, 1.807) is 6.20 Å². The van der Waals surface area contributed by atoms with Crippen LogP contribution in [0.25, 0.3) is 0 Å². The molecule has 1 fully saturated rings. The van der Waals surface area contributed by atoms with Crippen molar-refractivity contribution in [2.75, 3.05) is 29.4 Å². The van der Waals surface area contributed by atoms with Gasteiger partial charge in [-0.1, -0.05) is 0 Å². The first kappa shape index (κ1) is 14.3. The van der Waals surface area contributed by atoms with Gasteiger partial charge in [0.25, 0.3) is 0 Å². The van der Waals surface area contributed by atoms with E-state index >= 15 is 0 Å². The number of carboxylic acid groups (broad SMARTS) is 1. The van der Waals surface area contributed by atoms with Gasteiger partial charge >= 0.3 is 5.97 Å². The Bertz CT molecular complexity index is 497. The van der Waals surface area contributed by atoms with Gasteiger partial charge in [-0.3, -0.25) is 9.59 Å². The minimum atomic E-state index is -0.923. The van der Waals surface area contributed by atoms with Gasteiger partial charge in [-0.2, -0.15) is 0 Å². The summed E-state index contributed by atoms with van der Waals surface area (Å²) < 4.78 is 0. The quantitative estimate of drug-likeness (QED) is 0.879. The molecule has 6 heteroatoms. The molecule has 6 nitrogen and oxygen atoms in total. The molecule has 1 aliphatic heterocycles. The summed E-state index contributed by atoms with van der Waals surface area (Å²) in [5, 5.41) is 8.98. The standard InChI is InChI=1S/C14H19N3O3/c1-3-16(4-2)12-6-5-11(8-15-12)17-9-10(14(19)20)7-13(17)18/h5-6,8,10H,3-4,7,9H2,1-2H3,(H,19,20)/t10-/m0/s1. The molecule has 1 atom stereocenters. The lowest BCUT2D eigenvalue weighted by molar-refractivity contribution is -0.141. The Morgan fingerprint density at radius 2 is 2.15 bits per heavy atom. The number of anilines is 2. The summed E-state index contributed by atoms with van der Waals surface area (Å²) >= 11 is 0. The summed E-state index contributed by atoms with van der Waals surface area (Å²) in [5.41, 5.74) is 0.662. The zero-order chi connectivity index (χ0) is 14.7. The van der Waals surface area contributed by atoms with Crippen LogP contribution in [0.15, 0.2) is 18.3 Å². The molecular weight excluding hydrogens is 258 g/mol. The number of aromatic nitrogens is 1. The molecular formula is C14H19N3O3. The number of carbonyl (C=O) groups is 2. The number of hydrogen-bond donors (Lipinski definition) is 1. The van der Waals surface area contributed by atoms with Crippen LogP contribution in [0.4, 0.5) is 11.5 Å². The topological polar surface area (TPSA) is 73.7 Å². The molecule has 1 aromatic rings. The molecule has 20 heavy (non-hydrogen) atoms. The maximum atomic E-state index is 11.8. The highest BCUT2D eigenvalue weighted by Crippen LogP contribution is 2.25. The Balaban J connectivity index is 2.14. The summed E-state index contributed by atoms with van der Waals surface area (Å²) in [6, 6.07) is 3.69. The van der Waals surface area contributed by atoms with Crippen molar-refractivity contribution in [2.24, 2.45) is 5.92 Å². The minimum Gasteiger partial charge on any atom is -0.481 e. The van der Waals surface area contributed by atoms with Crippen LogP contribution in [0, 0.1) is 5.92 Å². The number of nitrogens with zero attached hydrogens (tertiary/aromatic N) is 3. The Labute approximate surface area is 118 Å². The van der Waals surface area contributed by atoms with Crippen LogP contribution in [0.3, 0.4) is 0 Å². The van der Waals surface area contributed by atoms with Crippen LogP contribution in [-0.2, 0) is 9.59 Å². The Kier molecular flexibility index (Phi) is 4.22. The fraction of sp³-hybridized carbons (Fsp3) is 0.500. The summed E-state index contributed by atoms with van der Waals surface area (Å²) in [6.45, 7) is 6.07. The molecule has 0 radical (unpaired) electrons. The van der Waals surface area contributed by atoms with Crippen LogP contribution >= 0.6 is 0 Å². The zero-order valence-electron chi connectivity index (χ0n) is 11.7. The average Bonchev–Trinajstić information content (AvgIpc) is 2.83. The smallest absolute Gasteiger partial charge is 0.308 e. The van der Waals surface area contributed by atoms with Gasteiger partial charge in [-0.25, -0.2) is 4.98 Å². The van der Waals surface area contributed by atoms with Crippen molar-refractivity contribution in [3.05, 3.63) is 18.3 Å². The third-order valence-corrected chi connectivity index (χ3v) is 3.61. The van der Waals surface area contributed by atoms with E-state index < -0.39 is 11.9 Å².